The number of phosphoric ester groups is 1. The van der Waals surface area contributed by atoms with E-state index in [0.29, 0.717) is 0 Å². The van der Waals surface area contributed by atoms with Gasteiger partial charge < -0.3 is 55.3 Å². The Morgan fingerprint density at radius 1 is 0.704 bits per heavy atom. The third kappa shape index (κ3) is 7.95. The smallest absolute Gasteiger partial charge is 0.394 e. The molecule has 0 aliphatic heterocycles. The summed E-state index contributed by atoms with van der Waals surface area (Å²) in [6.45, 7) is -2.05. The highest BCUT2D eigenvalue weighted by molar-refractivity contribution is 7.47. The van der Waals surface area contributed by atoms with Crippen molar-refractivity contribution in [3.63, 3.8) is 0 Å². The van der Waals surface area contributed by atoms with E-state index in [0.717, 1.165) is 0 Å². The molecular formula is C12H23O14P. The first-order valence-electron chi connectivity index (χ1n) is 7.36. The molecule has 0 aromatic rings. The van der Waals surface area contributed by atoms with E-state index in [1.807, 2.05) is 0 Å². The molecule has 15 heteroatoms. The third-order valence-electron chi connectivity index (χ3n) is 3.31. The fraction of sp³-hybridized carbons (Fsp3) is 0.833. The number of aliphatic hydroxyl groups is 8. The molecule has 0 amide bonds. The van der Waals surface area contributed by atoms with Gasteiger partial charge in [0.1, 0.15) is 36.6 Å². The molecule has 0 aromatic carbocycles. The summed E-state index contributed by atoms with van der Waals surface area (Å²) >= 11 is 0. The molecule has 9 atom stereocenters. The lowest BCUT2D eigenvalue weighted by Gasteiger charge is -2.29. The average Bonchev–Trinajstić information content (AvgIpc) is 2.66. The Hall–Kier alpha value is -0.870. The van der Waals surface area contributed by atoms with Gasteiger partial charge in [0, 0.05) is 0 Å². The SMILES string of the molecule is O=CC(OP(=O)(O)O[C@@H](C=O)[C@@H](O)[C@H](O)[C@H](O)CO)C(O)C(O)C(O)CO. The van der Waals surface area contributed by atoms with Crippen LogP contribution in [-0.2, 0) is 23.2 Å². The standard InChI is InChI=1S/C12H23O14P/c13-1-5(17)9(19)11(21)7(3-15)25-27(23,24)26-8(4-16)12(22)10(20)6(18)2-14/h3-14,17-22H,1-2H2,(H,23,24)/t5-,6?,7+,8?,9-,10?,11-,12?/m1/s1. The van der Waals surface area contributed by atoms with Gasteiger partial charge in [0.15, 0.2) is 24.8 Å². The molecule has 0 fully saturated rings. The predicted octanol–water partition coefficient (Wildman–Crippen LogP) is -5.59. The molecule has 27 heavy (non-hydrogen) atoms. The zero-order valence-electron chi connectivity index (χ0n) is 13.7. The van der Waals surface area contributed by atoms with Crippen LogP contribution in [0.15, 0.2) is 0 Å². The normalized spacial score (nSPS) is 23.1. The first kappa shape index (κ1) is 26.1. The molecule has 0 aliphatic carbocycles. The molecule has 0 spiro atoms. The van der Waals surface area contributed by atoms with Crippen molar-refractivity contribution in [2.45, 2.75) is 48.8 Å². The van der Waals surface area contributed by atoms with Crippen molar-refractivity contribution in [2.75, 3.05) is 13.2 Å². The van der Waals surface area contributed by atoms with Crippen molar-refractivity contribution in [3.05, 3.63) is 0 Å². The van der Waals surface area contributed by atoms with Crippen molar-refractivity contribution in [2.24, 2.45) is 0 Å². The van der Waals surface area contributed by atoms with Crippen LogP contribution in [-0.4, -0.2) is 120 Å². The second kappa shape index (κ2) is 11.9. The maximum Gasteiger partial charge on any atom is 0.473 e. The topological polar surface area (TPSA) is 252 Å². The van der Waals surface area contributed by atoms with Gasteiger partial charge in [-0.15, -0.1) is 0 Å². The summed E-state index contributed by atoms with van der Waals surface area (Å²) in [5.74, 6) is 0. The fourth-order valence-corrected chi connectivity index (χ4v) is 2.74. The zero-order chi connectivity index (χ0) is 21.4. The lowest BCUT2D eigenvalue weighted by atomic mass is 10.0. The Morgan fingerprint density at radius 3 is 1.22 bits per heavy atom. The summed E-state index contributed by atoms with van der Waals surface area (Å²) in [7, 11) is -5.40. The minimum atomic E-state index is -5.40. The fourth-order valence-electron chi connectivity index (χ4n) is 1.73. The van der Waals surface area contributed by atoms with Crippen molar-refractivity contribution >= 4 is 20.4 Å². The molecular weight excluding hydrogens is 399 g/mol. The van der Waals surface area contributed by atoms with E-state index >= 15 is 0 Å². The van der Waals surface area contributed by atoms with Gasteiger partial charge in [-0.25, -0.2) is 4.57 Å². The van der Waals surface area contributed by atoms with Crippen LogP contribution in [0.2, 0.25) is 0 Å². The first-order chi connectivity index (χ1) is 12.4. The van der Waals surface area contributed by atoms with Gasteiger partial charge in [0.25, 0.3) is 0 Å². The third-order valence-corrected chi connectivity index (χ3v) is 4.33. The zero-order valence-corrected chi connectivity index (χ0v) is 14.6. The van der Waals surface area contributed by atoms with Crippen LogP contribution in [0.4, 0.5) is 0 Å². The molecule has 0 aliphatic rings. The molecule has 5 unspecified atom stereocenters. The molecule has 160 valence electrons. The maximum absolute atomic E-state index is 11.9. The van der Waals surface area contributed by atoms with E-state index in [1.54, 1.807) is 0 Å². The van der Waals surface area contributed by atoms with E-state index in [9.17, 15) is 49.7 Å². The number of hydrogen-bond acceptors (Lipinski definition) is 13. The van der Waals surface area contributed by atoms with Crippen molar-refractivity contribution in [1.29, 1.82) is 0 Å². The number of aliphatic hydroxyl groups excluding tert-OH is 8. The second-order valence-electron chi connectivity index (χ2n) is 5.34. The van der Waals surface area contributed by atoms with Crippen LogP contribution in [0, 0.1) is 0 Å². The van der Waals surface area contributed by atoms with Crippen LogP contribution >= 0.6 is 7.82 Å². The van der Waals surface area contributed by atoms with Gasteiger partial charge in [0.2, 0.25) is 0 Å². The van der Waals surface area contributed by atoms with Gasteiger partial charge in [-0.05, 0) is 0 Å². The molecule has 0 radical (unpaired) electrons. The van der Waals surface area contributed by atoms with Gasteiger partial charge in [0.05, 0.1) is 13.2 Å². The Bertz CT molecular complexity index is 462. The number of rotatable bonds is 14. The van der Waals surface area contributed by atoms with E-state index in [4.69, 9.17) is 10.2 Å². The predicted molar refractivity (Wildman–Crippen MR) is 81.9 cm³/mol. The Kier molecular flexibility index (Phi) is 11.5. The highest BCUT2D eigenvalue weighted by Gasteiger charge is 2.41. The summed E-state index contributed by atoms with van der Waals surface area (Å²) in [6.07, 6.45) is -17.8. The molecule has 0 saturated carbocycles. The van der Waals surface area contributed by atoms with Gasteiger partial charge in [-0.2, -0.15) is 0 Å². The summed E-state index contributed by atoms with van der Waals surface area (Å²) in [4.78, 5) is 31.4. The van der Waals surface area contributed by atoms with Crippen LogP contribution in [0.25, 0.3) is 0 Å². The Balaban J connectivity index is 5.17. The Morgan fingerprint density at radius 2 is 1.00 bits per heavy atom. The van der Waals surface area contributed by atoms with E-state index in [1.165, 1.54) is 0 Å². The molecule has 9 N–H and O–H groups in total. The largest absolute Gasteiger partial charge is 0.473 e. The van der Waals surface area contributed by atoms with Crippen molar-refractivity contribution in [1.82, 2.24) is 0 Å². The number of carbonyl (C=O) groups excluding carboxylic acids is 2. The highest BCUT2D eigenvalue weighted by Crippen LogP contribution is 2.46. The molecule has 0 heterocycles. The van der Waals surface area contributed by atoms with Crippen LogP contribution in [0.5, 0.6) is 0 Å². The summed E-state index contributed by atoms with van der Waals surface area (Å²) in [5.41, 5.74) is 0. The molecule has 14 nitrogen and oxygen atoms in total. The van der Waals surface area contributed by atoms with E-state index in [2.05, 4.69) is 9.05 Å². The lowest BCUT2D eigenvalue weighted by molar-refractivity contribution is -0.142. The van der Waals surface area contributed by atoms with Gasteiger partial charge in [-0.3, -0.25) is 9.05 Å². The number of phosphoric acid groups is 1. The summed E-state index contributed by atoms with van der Waals surface area (Å²) in [5, 5.41) is 73.9. The van der Waals surface area contributed by atoms with Gasteiger partial charge >= 0.3 is 7.82 Å². The summed E-state index contributed by atoms with van der Waals surface area (Å²) in [6, 6.07) is 0. The molecule has 0 aromatic heterocycles. The second-order valence-corrected chi connectivity index (χ2v) is 6.70. The van der Waals surface area contributed by atoms with E-state index in [-0.39, 0.29) is 12.6 Å². The summed E-state index contributed by atoms with van der Waals surface area (Å²) < 4.78 is 20.4. The van der Waals surface area contributed by atoms with Crippen molar-refractivity contribution in [3.8, 4) is 0 Å². The van der Waals surface area contributed by atoms with Crippen molar-refractivity contribution < 1.29 is 68.9 Å². The minimum absolute atomic E-state index is 0.249. The Labute approximate surface area is 152 Å². The average molecular weight is 422 g/mol. The van der Waals surface area contributed by atoms with E-state index < -0.39 is 69.9 Å². The first-order valence-corrected chi connectivity index (χ1v) is 8.85. The lowest BCUT2D eigenvalue weighted by Crippen LogP contribution is -2.48. The van der Waals surface area contributed by atoms with Crippen LogP contribution in [0.1, 0.15) is 0 Å². The van der Waals surface area contributed by atoms with Crippen LogP contribution < -0.4 is 0 Å². The monoisotopic (exact) mass is 422 g/mol. The number of hydrogen-bond donors (Lipinski definition) is 9. The molecule has 0 rings (SSSR count). The van der Waals surface area contributed by atoms with Crippen LogP contribution in [0.3, 0.4) is 0 Å². The number of carbonyl (C=O) groups is 2. The van der Waals surface area contributed by atoms with Gasteiger partial charge in [-0.1, -0.05) is 0 Å². The maximum atomic E-state index is 11.9. The molecule has 0 saturated heterocycles. The molecule has 0 bridgehead atoms. The highest BCUT2D eigenvalue weighted by atomic mass is 31.2. The number of aldehydes is 2. The minimum Gasteiger partial charge on any atom is -0.394 e. The quantitative estimate of drug-likeness (QED) is 0.0935.